The number of anilines is 1. The summed E-state index contributed by atoms with van der Waals surface area (Å²) in [6.07, 6.45) is 1.74. The van der Waals surface area contributed by atoms with Crippen LogP contribution in [0.1, 0.15) is 16.8 Å². The second kappa shape index (κ2) is 5.46. The number of rotatable bonds is 2. The lowest BCUT2D eigenvalue weighted by Crippen LogP contribution is -1.93. The molecule has 0 atom stereocenters. The fraction of sp³-hybridized carbons (Fsp3) is 0.158. The maximum Gasteiger partial charge on any atom is 0.239 e. The van der Waals surface area contributed by atoms with Gasteiger partial charge in [-0.2, -0.15) is 0 Å². The molecule has 0 aliphatic heterocycles. The molecule has 5 heteroatoms. The van der Waals surface area contributed by atoms with Crippen molar-refractivity contribution in [1.82, 2.24) is 9.97 Å². The van der Waals surface area contributed by atoms with E-state index in [1.165, 1.54) is 22.5 Å². The van der Waals surface area contributed by atoms with Gasteiger partial charge in [0.2, 0.25) is 5.89 Å². The largest absolute Gasteiger partial charge is 0.435 e. The topological polar surface area (TPSA) is 64.9 Å². The molecule has 0 radical (unpaired) electrons. The number of nitrogen functional groups attached to an aromatic ring is 1. The summed E-state index contributed by atoms with van der Waals surface area (Å²) < 4.78 is 5.96. The van der Waals surface area contributed by atoms with Crippen LogP contribution in [0.4, 0.5) is 5.69 Å². The Bertz CT molecular complexity index is 1050. The molecule has 0 saturated carbocycles. The highest BCUT2D eigenvalue weighted by Gasteiger charge is 2.20. The third-order valence-corrected chi connectivity index (χ3v) is 5.52. The average molecular weight is 335 g/mol. The van der Waals surface area contributed by atoms with E-state index < -0.39 is 0 Å². The SMILES string of the molecule is Cc1nc2sc(-c3ncc(-c4ccccc4)o3)c(N)c2c(C)c1C. The summed E-state index contributed by atoms with van der Waals surface area (Å²) in [7, 11) is 0. The van der Waals surface area contributed by atoms with E-state index in [4.69, 9.17) is 10.2 Å². The Morgan fingerprint density at radius 1 is 1.04 bits per heavy atom. The van der Waals surface area contributed by atoms with Crippen molar-refractivity contribution >= 4 is 27.2 Å². The molecule has 0 aliphatic carbocycles. The molecule has 0 unspecified atom stereocenters. The van der Waals surface area contributed by atoms with E-state index in [0.717, 1.165) is 32.1 Å². The summed E-state index contributed by atoms with van der Waals surface area (Å²) in [4.78, 5) is 10.9. The second-order valence-corrected chi connectivity index (χ2v) is 6.87. The first-order valence-electron chi connectivity index (χ1n) is 7.73. The Morgan fingerprint density at radius 2 is 1.79 bits per heavy atom. The molecule has 0 bridgehead atoms. The first-order chi connectivity index (χ1) is 11.6. The number of aromatic nitrogens is 2. The Hall–Kier alpha value is -2.66. The Kier molecular flexibility index (Phi) is 3.39. The van der Waals surface area contributed by atoms with Crippen LogP contribution in [0.5, 0.6) is 0 Å². The number of hydrogen-bond acceptors (Lipinski definition) is 5. The molecule has 2 N–H and O–H groups in total. The summed E-state index contributed by atoms with van der Waals surface area (Å²) in [6, 6.07) is 9.92. The molecule has 24 heavy (non-hydrogen) atoms. The number of nitrogens with two attached hydrogens (primary N) is 1. The van der Waals surface area contributed by atoms with E-state index >= 15 is 0 Å². The van der Waals surface area contributed by atoms with Crippen molar-refractivity contribution in [2.45, 2.75) is 20.8 Å². The van der Waals surface area contributed by atoms with Gasteiger partial charge in [0.1, 0.15) is 9.71 Å². The highest BCUT2D eigenvalue weighted by molar-refractivity contribution is 7.22. The summed E-state index contributed by atoms with van der Waals surface area (Å²) in [5.41, 5.74) is 11.5. The molecular formula is C19H17N3OS. The summed E-state index contributed by atoms with van der Waals surface area (Å²) >= 11 is 1.53. The molecule has 3 heterocycles. The third kappa shape index (κ3) is 2.20. The van der Waals surface area contributed by atoms with Gasteiger partial charge >= 0.3 is 0 Å². The van der Waals surface area contributed by atoms with Gasteiger partial charge in [-0.05, 0) is 31.9 Å². The minimum absolute atomic E-state index is 0.545. The predicted octanol–water partition coefficient (Wildman–Crippen LogP) is 5.13. The van der Waals surface area contributed by atoms with Gasteiger partial charge in [-0.3, -0.25) is 0 Å². The van der Waals surface area contributed by atoms with Crippen molar-refractivity contribution in [3.05, 3.63) is 53.3 Å². The number of fused-ring (bicyclic) bond motifs is 1. The van der Waals surface area contributed by atoms with Gasteiger partial charge in [0.05, 0.1) is 11.9 Å². The van der Waals surface area contributed by atoms with Crippen molar-refractivity contribution in [1.29, 1.82) is 0 Å². The molecular weight excluding hydrogens is 318 g/mol. The summed E-state index contributed by atoms with van der Waals surface area (Å²) in [6.45, 7) is 6.19. The number of thiophene rings is 1. The zero-order valence-corrected chi connectivity index (χ0v) is 14.6. The Morgan fingerprint density at radius 3 is 2.54 bits per heavy atom. The molecule has 4 nitrogen and oxygen atoms in total. The summed E-state index contributed by atoms with van der Waals surface area (Å²) in [5, 5.41) is 1.01. The molecule has 4 aromatic rings. The van der Waals surface area contributed by atoms with Crippen LogP contribution in [0.2, 0.25) is 0 Å². The van der Waals surface area contributed by atoms with E-state index in [1.807, 2.05) is 37.3 Å². The third-order valence-electron chi connectivity index (χ3n) is 4.43. The molecule has 0 fully saturated rings. The van der Waals surface area contributed by atoms with Crippen LogP contribution in [0.25, 0.3) is 32.3 Å². The standard InChI is InChI=1S/C19H17N3OS/c1-10-11(2)15-16(20)17(24-19(15)22-12(10)3)18-21-9-14(23-18)13-7-5-4-6-8-13/h4-9H,20H2,1-3H3. The fourth-order valence-corrected chi connectivity index (χ4v) is 3.98. The van der Waals surface area contributed by atoms with Gasteiger partial charge in [0.25, 0.3) is 0 Å². The van der Waals surface area contributed by atoms with E-state index in [2.05, 4.69) is 23.8 Å². The van der Waals surface area contributed by atoms with Crippen LogP contribution in [0.3, 0.4) is 0 Å². The van der Waals surface area contributed by atoms with Crippen LogP contribution in [-0.4, -0.2) is 9.97 Å². The molecule has 3 aromatic heterocycles. The number of aryl methyl sites for hydroxylation is 2. The first-order valence-corrected chi connectivity index (χ1v) is 8.55. The lowest BCUT2D eigenvalue weighted by molar-refractivity contribution is 0.591. The minimum Gasteiger partial charge on any atom is -0.435 e. The van der Waals surface area contributed by atoms with Gasteiger partial charge < -0.3 is 10.2 Å². The first kappa shape index (κ1) is 14.9. The molecule has 1 aromatic carbocycles. The number of nitrogens with zero attached hydrogens (tertiary/aromatic N) is 2. The number of hydrogen-bond donors (Lipinski definition) is 1. The molecule has 4 rings (SSSR count). The lowest BCUT2D eigenvalue weighted by atomic mass is 10.1. The zero-order valence-electron chi connectivity index (χ0n) is 13.8. The van der Waals surface area contributed by atoms with Crippen LogP contribution in [-0.2, 0) is 0 Å². The second-order valence-electron chi connectivity index (χ2n) is 5.87. The van der Waals surface area contributed by atoms with Gasteiger partial charge in [0, 0.05) is 16.6 Å². The zero-order chi connectivity index (χ0) is 16.8. The maximum atomic E-state index is 6.41. The molecule has 0 amide bonds. The molecule has 0 spiro atoms. The van der Waals surface area contributed by atoms with Gasteiger partial charge in [-0.1, -0.05) is 30.3 Å². The molecule has 0 aliphatic rings. The van der Waals surface area contributed by atoms with Crippen molar-refractivity contribution < 1.29 is 4.42 Å². The molecule has 0 saturated heterocycles. The fourth-order valence-electron chi connectivity index (χ4n) is 2.84. The van der Waals surface area contributed by atoms with Gasteiger partial charge in [-0.15, -0.1) is 11.3 Å². The number of oxazole rings is 1. The van der Waals surface area contributed by atoms with Crippen LogP contribution in [0, 0.1) is 20.8 Å². The van der Waals surface area contributed by atoms with E-state index in [-0.39, 0.29) is 0 Å². The summed E-state index contributed by atoms with van der Waals surface area (Å²) in [5.74, 6) is 1.28. The quantitative estimate of drug-likeness (QED) is 0.552. The van der Waals surface area contributed by atoms with Crippen molar-refractivity contribution in [2.75, 3.05) is 5.73 Å². The molecule has 120 valence electrons. The minimum atomic E-state index is 0.545. The van der Waals surface area contributed by atoms with Crippen molar-refractivity contribution in [3.8, 4) is 22.1 Å². The van der Waals surface area contributed by atoms with E-state index in [0.29, 0.717) is 11.6 Å². The van der Waals surface area contributed by atoms with Crippen LogP contribution < -0.4 is 5.73 Å². The monoisotopic (exact) mass is 335 g/mol. The van der Waals surface area contributed by atoms with Crippen LogP contribution in [0.15, 0.2) is 40.9 Å². The highest BCUT2D eigenvalue weighted by atomic mass is 32.1. The average Bonchev–Trinajstić information content (AvgIpc) is 3.19. The van der Waals surface area contributed by atoms with Crippen molar-refractivity contribution in [2.24, 2.45) is 0 Å². The number of pyridine rings is 1. The normalized spacial score (nSPS) is 11.3. The van der Waals surface area contributed by atoms with Gasteiger partial charge in [0.15, 0.2) is 5.76 Å². The Labute approximate surface area is 144 Å². The van der Waals surface area contributed by atoms with Crippen molar-refractivity contribution in [3.63, 3.8) is 0 Å². The highest BCUT2D eigenvalue weighted by Crippen LogP contribution is 2.42. The predicted molar refractivity (Wildman–Crippen MR) is 99.2 cm³/mol. The maximum absolute atomic E-state index is 6.41. The van der Waals surface area contributed by atoms with Crippen LogP contribution >= 0.6 is 11.3 Å². The van der Waals surface area contributed by atoms with E-state index in [9.17, 15) is 0 Å². The smallest absolute Gasteiger partial charge is 0.239 e. The van der Waals surface area contributed by atoms with Gasteiger partial charge in [-0.25, -0.2) is 9.97 Å². The lowest BCUT2D eigenvalue weighted by Gasteiger charge is -2.05. The number of benzene rings is 1. The Balaban J connectivity index is 1.88. The van der Waals surface area contributed by atoms with E-state index in [1.54, 1.807) is 6.20 Å².